The molecular weight excluding hydrogens is 256 g/mol. The molecule has 2 amide bonds. The molecule has 1 aliphatic rings. The van der Waals surface area contributed by atoms with E-state index in [9.17, 15) is 9.59 Å². The van der Waals surface area contributed by atoms with Crippen LogP contribution in [0.2, 0.25) is 0 Å². The van der Waals surface area contributed by atoms with Gasteiger partial charge in [0.25, 0.3) is 0 Å². The summed E-state index contributed by atoms with van der Waals surface area (Å²) in [5.41, 5.74) is 0. The van der Waals surface area contributed by atoms with E-state index in [-0.39, 0.29) is 17.7 Å². The van der Waals surface area contributed by atoms with Gasteiger partial charge in [-0.1, -0.05) is 6.92 Å². The van der Waals surface area contributed by atoms with Crippen molar-refractivity contribution < 1.29 is 9.59 Å². The summed E-state index contributed by atoms with van der Waals surface area (Å²) >= 11 is 0. The lowest BCUT2D eigenvalue weighted by atomic mass is 10.1. The van der Waals surface area contributed by atoms with E-state index in [2.05, 4.69) is 17.2 Å². The summed E-state index contributed by atoms with van der Waals surface area (Å²) in [6.07, 6.45) is 4.91. The summed E-state index contributed by atoms with van der Waals surface area (Å²) < 4.78 is 2.04. The maximum absolute atomic E-state index is 12.0. The molecule has 1 unspecified atom stereocenters. The van der Waals surface area contributed by atoms with Crippen molar-refractivity contribution in [2.75, 3.05) is 19.6 Å². The number of hydrogen-bond donors (Lipinski definition) is 1. The molecule has 2 heterocycles. The van der Waals surface area contributed by atoms with Crippen molar-refractivity contribution >= 4 is 11.8 Å². The number of nitrogens with one attached hydrogen (secondary N) is 1. The Morgan fingerprint density at radius 1 is 1.50 bits per heavy atom. The molecule has 1 atom stereocenters. The Morgan fingerprint density at radius 2 is 2.30 bits per heavy atom. The van der Waals surface area contributed by atoms with Gasteiger partial charge in [0.1, 0.15) is 5.82 Å². The van der Waals surface area contributed by atoms with Gasteiger partial charge in [-0.05, 0) is 6.92 Å². The van der Waals surface area contributed by atoms with Gasteiger partial charge in [0, 0.05) is 51.4 Å². The number of carbonyl (C=O) groups is 2. The zero-order valence-corrected chi connectivity index (χ0v) is 12.1. The van der Waals surface area contributed by atoms with E-state index < -0.39 is 0 Å². The summed E-state index contributed by atoms with van der Waals surface area (Å²) in [6, 6.07) is 0. The first-order valence-corrected chi connectivity index (χ1v) is 7.21. The van der Waals surface area contributed by atoms with Crippen molar-refractivity contribution in [3.05, 3.63) is 18.2 Å². The molecule has 0 aromatic carbocycles. The van der Waals surface area contributed by atoms with E-state index in [1.807, 2.05) is 17.7 Å². The van der Waals surface area contributed by atoms with Crippen LogP contribution in [0, 0.1) is 5.92 Å². The third kappa shape index (κ3) is 3.18. The van der Waals surface area contributed by atoms with Crippen molar-refractivity contribution in [3.63, 3.8) is 0 Å². The van der Waals surface area contributed by atoms with Crippen LogP contribution in [-0.4, -0.2) is 45.9 Å². The molecule has 0 aliphatic carbocycles. The van der Waals surface area contributed by atoms with Gasteiger partial charge in [-0.2, -0.15) is 0 Å². The highest BCUT2D eigenvalue weighted by atomic mass is 16.2. The van der Waals surface area contributed by atoms with Crippen LogP contribution in [0.4, 0.5) is 0 Å². The molecule has 6 nitrogen and oxygen atoms in total. The highest BCUT2D eigenvalue weighted by Gasteiger charge is 2.32. The van der Waals surface area contributed by atoms with E-state index in [0.717, 1.165) is 12.2 Å². The predicted molar refractivity (Wildman–Crippen MR) is 75.0 cm³/mol. The fourth-order valence-electron chi connectivity index (χ4n) is 2.56. The molecule has 0 bridgehead atoms. The van der Waals surface area contributed by atoms with Crippen LogP contribution in [0.1, 0.15) is 26.1 Å². The molecule has 1 saturated heterocycles. The number of aromatic nitrogens is 2. The minimum Gasteiger partial charge on any atom is -0.354 e. The first-order valence-electron chi connectivity index (χ1n) is 7.21. The Labute approximate surface area is 119 Å². The fraction of sp³-hybridized carbons (Fsp3) is 0.643. The molecular formula is C14H22N4O2. The van der Waals surface area contributed by atoms with E-state index >= 15 is 0 Å². The maximum Gasteiger partial charge on any atom is 0.225 e. The second-order valence-corrected chi connectivity index (χ2v) is 5.01. The highest BCUT2D eigenvalue weighted by Crippen LogP contribution is 2.17. The largest absolute Gasteiger partial charge is 0.354 e. The van der Waals surface area contributed by atoms with Crippen molar-refractivity contribution in [1.82, 2.24) is 19.8 Å². The predicted octanol–water partition coefficient (Wildman–Crippen LogP) is 0.430. The molecule has 0 saturated carbocycles. The van der Waals surface area contributed by atoms with Gasteiger partial charge in [0.15, 0.2) is 0 Å². The van der Waals surface area contributed by atoms with Gasteiger partial charge < -0.3 is 14.8 Å². The summed E-state index contributed by atoms with van der Waals surface area (Å²) in [5, 5.41) is 2.91. The highest BCUT2D eigenvalue weighted by molar-refractivity contribution is 5.89. The minimum atomic E-state index is -0.198. The number of hydrogen-bond acceptors (Lipinski definition) is 3. The standard InChI is InChI=1S/C14H22N4O2/c1-3-12-15-5-7-18(12)8-6-16-14(20)11-9-13(19)17(4-2)10-11/h5,7,11H,3-4,6,8-10H2,1-2H3,(H,16,20). The van der Waals surface area contributed by atoms with Gasteiger partial charge >= 0.3 is 0 Å². The van der Waals surface area contributed by atoms with E-state index in [1.54, 1.807) is 11.1 Å². The van der Waals surface area contributed by atoms with Crippen LogP contribution in [0.5, 0.6) is 0 Å². The molecule has 1 aliphatic heterocycles. The number of aryl methyl sites for hydroxylation is 1. The summed E-state index contributed by atoms with van der Waals surface area (Å²) in [5.74, 6) is 0.881. The molecule has 1 aromatic heterocycles. The Balaban J connectivity index is 1.77. The van der Waals surface area contributed by atoms with Crippen LogP contribution < -0.4 is 5.32 Å². The lowest BCUT2D eigenvalue weighted by Gasteiger charge is -2.14. The number of nitrogens with zero attached hydrogens (tertiary/aromatic N) is 3. The Morgan fingerprint density at radius 3 is 2.95 bits per heavy atom. The fourth-order valence-corrected chi connectivity index (χ4v) is 2.56. The molecule has 110 valence electrons. The molecule has 1 N–H and O–H groups in total. The zero-order chi connectivity index (χ0) is 14.5. The average molecular weight is 278 g/mol. The summed E-state index contributed by atoms with van der Waals surface area (Å²) in [7, 11) is 0. The third-order valence-corrected chi connectivity index (χ3v) is 3.74. The van der Waals surface area contributed by atoms with Crippen LogP contribution in [-0.2, 0) is 22.6 Å². The molecule has 20 heavy (non-hydrogen) atoms. The minimum absolute atomic E-state index is 0.0209. The molecule has 0 radical (unpaired) electrons. The van der Waals surface area contributed by atoms with Gasteiger partial charge in [-0.15, -0.1) is 0 Å². The number of carbonyl (C=O) groups excluding carboxylic acids is 2. The number of imidazole rings is 1. The molecule has 1 aromatic rings. The van der Waals surface area contributed by atoms with Crippen LogP contribution in [0.15, 0.2) is 12.4 Å². The van der Waals surface area contributed by atoms with E-state index in [4.69, 9.17) is 0 Å². The summed E-state index contributed by atoms with van der Waals surface area (Å²) in [6.45, 7) is 6.50. The monoisotopic (exact) mass is 278 g/mol. The maximum atomic E-state index is 12.0. The van der Waals surface area contributed by atoms with Gasteiger partial charge in [0.05, 0.1) is 5.92 Å². The van der Waals surface area contributed by atoms with Crippen LogP contribution in [0.3, 0.4) is 0 Å². The quantitative estimate of drug-likeness (QED) is 0.820. The number of rotatable bonds is 6. The summed E-state index contributed by atoms with van der Waals surface area (Å²) in [4.78, 5) is 29.6. The molecule has 2 rings (SSSR count). The van der Waals surface area contributed by atoms with E-state index in [0.29, 0.717) is 32.6 Å². The smallest absolute Gasteiger partial charge is 0.225 e. The number of likely N-dealkylation sites (tertiary alicyclic amines) is 1. The Kier molecular flexibility index (Phi) is 4.76. The number of amides is 2. The lowest BCUT2D eigenvalue weighted by Crippen LogP contribution is -2.34. The molecule has 6 heteroatoms. The average Bonchev–Trinajstić information content (AvgIpc) is 3.04. The normalized spacial score (nSPS) is 18.6. The van der Waals surface area contributed by atoms with Crippen molar-refractivity contribution in [2.45, 2.75) is 33.2 Å². The second kappa shape index (κ2) is 6.54. The third-order valence-electron chi connectivity index (χ3n) is 3.74. The van der Waals surface area contributed by atoms with Gasteiger partial charge in [0.2, 0.25) is 11.8 Å². The zero-order valence-electron chi connectivity index (χ0n) is 12.1. The van der Waals surface area contributed by atoms with Gasteiger partial charge in [-0.25, -0.2) is 4.98 Å². The van der Waals surface area contributed by atoms with Crippen LogP contribution in [0.25, 0.3) is 0 Å². The molecule has 0 spiro atoms. The second-order valence-electron chi connectivity index (χ2n) is 5.01. The van der Waals surface area contributed by atoms with Crippen molar-refractivity contribution in [3.8, 4) is 0 Å². The van der Waals surface area contributed by atoms with Crippen molar-refractivity contribution in [1.29, 1.82) is 0 Å². The SMILES string of the molecule is CCc1nccn1CCNC(=O)C1CC(=O)N(CC)C1. The first kappa shape index (κ1) is 14.6. The topological polar surface area (TPSA) is 67.2 Å². The Bertz CT molecular complexity index is 483. The van der Waals surface area contributed by atoms with Gasteiger partial charge in [-0.3, -0.25) is 9.59 Å². The molecule has 1 fully saturated rings. The van der Waals surface area contributed by atoms with Crippen molar-refractivity contribution in [2.24, 2.45) is 5.92 Å². The Hall–Kier alpha value is -1.85. The first-order chi connectivity index (χ1) is 9.65. The van der Waals surface area contributed by atoms with E-state index in [1.165, 1.54) is 0 Å². The lowest BCUT2D eigenvalue weighted by molar-refractivity contribution is -0.128. The van der Waals surface area contributed by atoms with Crippen LogP contribution >= 0.6 is 0 Å².